The Bertz CT molecular complexity index is 585. The molecule has 5 heteroatoms. The highest BCUT2D eigenvalue weighted by molar-refractivity contribution is 5.50. The van der Waals surface area contributed by atoms with Crippen LogP contribution in [0.2, 0.25) is 0 Å². The number of rotatable bonds is 5. The molecule has 1 aromatic carbocycles. The van der Waals surface area contributed by atoms with Crippen LogP contribution in [0.25, 0.3) is 0 Å². The maximum Gasteiger partial charge on any atom is 0.156 e. The maximum atomic E-state index is 9.32. The predicted molar refractivity (Wildman–Crippen MR) is 72.9 cm³/mol. The van der Waals surface area contributed by atoms with E-state index in [1.807, 2.05) is 35.8 Å². The molecular weight excluding hydrogens is 240 g/mol. The molecule has 1 N–H and O–H groups in total. The van der Waals surface area contributed by atoms with Gasteiger partial charge in [-0.25, -0.2) is 4.98 Å². The second kappa shape index (κ2) is 5.91. The van der Waals surface area contributed by atoms with E-state index in [0.717, 1.165) is 23.7 Å². The summed E-state index contributed by atoms with van der Waals surface area (Å²) in [6.07, 6.45) is 3.44. The SMILES string of the molecule is CCn1cncc1C(C#N)Nc1cccc(OC)c1. The molecule has 1 atom stereocenters. The molecule has 0 aliphatic rings. The summed E-state index contributed by atoms with van der Waals surface area (Å²) in [6.45, 7) is 2.80. The maximum absolute atomic E-state index is 9.32. The van der Waals surface area contributed by atoms with Crippen molar-refractivity contribution in [3.8, 4) is 11.8 Å². The van der Waals surface area contributed by atoms with E-state index < -0.39 is 6.04 Å². The molecular formula is C14H16N4O. The van der Waals surface area contributed by atoms with Gasteiger partial charge in [0.05, 0.1) is 31.4 Å². The summed E-state index contributed by atoms with van der Waals surface area (Å²) in [7, 11) is 1.62. The van der Waals surface area contributed by atoms with Crippen LogP contribution in [0.3, 0.4) is 0 Å². The number of methoxy groups -OCH3 is 1. The number of nitriles is 1. The number of hydrogen-bond acceptors (Lipinski definition) is 4. The number of nitrogens with one attached hydrogen (secondary N) is 1. The predicted octanol–water partition coefficient (Wildman–Crippen LogP) is 2.59. The van der Waals surface area contributed by atoms with E-state index in [-0.39, 0.29) is 0 Å². The van der Waals surface area contributed by atoms with Gasteiger partial charge in [0.1, 0.15) is 5.75 Å². The molecule has 98 valence electrons. The van der Waals surface area contributed by atoms with Gasteiger partial charge in [-0.15, -0.1) is 0 Å². The topological polar surface area (TPSA) is 62.9 Å². The van der Waals surface area contributed by atoms with Crippen LogP contribution in [-0.2, 0) is 6.54 Å². The molecule has 0 aliphatic heterocycles. The molecule has 0 saturated heterocycles. The Kier molecular flexibility index (Phi) is 4.04. The second-order valence-corrected chi connectivity index (χ2v) is 4.04. The Balaban J connectivity index is 2.22. The third-order valence-corrected chi connectivity index (χ3v) is 2.89. The zero-order valence-electron chi connectivity index (χ0n) is 11.0. The van der Waals surface area contributed by atoms with Crippen LogP contribution in [0.1, 0.15) is 18.7 Å². The zero-order valence-corrected chi connectivity index (χ0v) is 11.0. The van der Waals surface area contributed by atoms with E-state index in [0.29, 0.717) is 0 Å². The molecule has 1 aromatic heterocycles. The first-order chi connectivity index (χ1) is 9.28. The summed E-state index contributed by atoms with van der Waals surface area (Å²) in [4.78, 5) is 4.08. The van der Waals surface area contributed by atoms with Crippen LogP contribution in [-0.4, -0.2) is 16.7 Å². The van der Waals surface area contributed by atoms with Gasteiger partial charge in [-0.3, -0.25) is 0 Å². The lowest BCUT2D eigenvalue weighted by atomic mass is 10.2. The number of imidazole rings is 1. The summed E-state index contributed by atoms with van der Waals surface area (Å²) in [5.41, 5.74) is 1.70. The first-order valence-electron chi connectivity index (χ1n) is 6.08. The van der Waals surface area contributed by atoms with Crippen molar-refractivity contribution in [3.63, 3.8) is 0 Å². The first kappa shape index (κ1) is 13.0. The molecule has 19 heavy (non-hydrogen) atoms. The summed E-state index contributed by atoms with van der Waals surface area (Å²) in [6, 6.07) is 9.32. The molecule has 5 nitrogen and oxygen atoms in total. The molecule has 0 bridgehead atoms. The van der Waals surface area contributed by atoms with Crippen molar-refractivity contribution in [1.29, 1.82) is 5.26 Å². The molecule has 0 spiro atoms. The number of ether oxygens (including phenoxy) is 1. The summed E-state index contributed by atoms with van der Waals surface area (Å²) in [5, 5.41) is 12.5. The van der Waals surface area contributed by atoms with Crippen LogP contribution in [0.4, 0.5) is 5.69 Å². The lowest BCUT2D eigenvalue weighted by molar-refractivity contribution is 0.415. The van der Waals surface area contributed by atoms with Gasteiger partial charge in [0.15, 0.2) is 6.04 Å². The Morgan fingerprint density at radius 1 is 1.53 bits per heavy atom. The molecule has 2 rings (SSSR count). The fourth-order valence-electron chi connectivity index (χ4n) is 1.89. The highest BCUT2D eigenvalue weighted by Gasteiger charge is 2.14. The van der Waals surface area contributed by atoms with E-state index in [1.54, 1.807) is 19.6 Å². The minimum absolute atomic E-state index is 0.436. The number of aryl methyl sites for hydroxylation is 1. The molecule has 0 aliphatic carbocycles. The van der Waals surface area contributed by atoms with Crippen LogP contribution in [0.15, 0.2) is 36.8 Å². The Hall–Kier alpha value is -2.48. The van der Waals surface area contributed by atoms with Gasteiger partial charge in [0.25, 0.3) is 0 Å². The quantitative estimate of drug-likeness (QED) is 0.893. The van der Waals surface area contributed by atoms with E-state index >= 15 is 0 Å². The van der Waals surface area contributed by atoms with Crippen molar-refractivity contribution < 1.29 is 4.74 Å². The van der Waals surface area contributed by atoms with Gasteiger partial charge < -0.3 is 14.6 Å². The largest absolute Gasteiger partial charge is 0.497 e. The fourth-order valence-corrected chi connectivity index (χ4v) is 1.89. The van der Waals surface area contributed by atoms with Gasteiger partial charge in [-0.05, 0) is 19.1 Å². The average molecular weight is 256 g/mol. The van der Waals surface area contributed by atoms with E-state index in [4.69, 9.17) is 4.74 Å². The zero-order chi connectivity index (χ0) is 13.7. The van der Waals surface area contributed by atoms with Crippen molar-refractivity contribution >= 4 is 5.69 Å². The van der Waals surface area contributed by atoms with E-state index in [2.05, 4.69) is 16.4 Å². The van der Waals surface area contributed by atoms with E-state index in [9.17, 15) is 5.26 Å². The number of nitrogens with zero attached hydrogens (tertiary/aromatic N) is 3. The number of benzene rings is 1. The van der Waals surface area contributed by atoms with Crippen LogP contribution in [0.5, 0.6) is 5.75 Å². The molecule has 1 unspecified atom stereocenters. The van der Waals surface area contributed by atoms with Gasteiger partial charge >= 0.3 is 0 Å². The van der Waals surface area contributed by atoms with Crippen molar-refractivity contribution in [2.24, 2.45) is 0 Å². The van der Waals surface area contributed by atoms with Crippen LogP contribution in [0, 0.1) is 11.3 Å². The van der Waals surface area contributed by atoms with Crippen molar-refractivity contribution in [2.75, 3.05) is 12.4 Å². The lowest BCUT2D eigenvalue weighted by Crippen LogP contribution is -2.13. The second-order valence-electron chi connectivity index (χ2n) is 4.04. The number of anilines is 1. The third kappa shape index (κ3) is 2.86. The van der Waals surface area contributed by atoms with E-state index in [1.165, 1.54) is 0 Å². The summed E-state index contributed by atoms with van der Waals surface area (Å²) < 4.78 is 7.11. The molecule has 0 amide bonds. The molecule has 1 heterocycles. The Labute approximate surface area is 112 Å². The van der Waals surface area contributed by atoms with Crippen molar-refractivity contribution in [2.45, 2.75) is 19.5 Å². The summed E-state index contributed by atoms with van der Waals surface area (Å²) in [5.74, 6) is 0.755. The van der Waals surface area contributed by atoms with Gasteiger partial charge in [-0.1, -0.05) is 6.07 Å². The monoisotopic (exact) mass is 256 g/mol. The summed E-state index contributed by atoms with van der Waals surface area (Å²) >= 11 is 0. The lowest BCUT2D eigenvalue weighted by Gasteiger charge is -2.15. The average Bonchev–Trinajstić information content (AvgIpc) is 2.93. The molecule has 0 fully saturated rings. The number of aromatic nitrogens is 2. The number of hydrogen-bond donors (Lipinski definition) is 1. The molecule has 2 aromatic rings. The molecule has 0 saturated carbocycles. The minimum atomic E-state index is -0.436. The highest BCUT2D eigenvalue weighted by atomic mass is 16.5. The normalized spacial score (nSPS) is 11.6. The Morgan fingerprint density at radius 2 is 2.37 bits per heavy atom. The Morgan fingerprint density at radius 3 is 3.05 bits per heavy atom. The fraction of sp³-hybridized carbons (Fsp3) is 0.286. The van der Waals surface area contributed by atoms with Gasteiger partial charge in [0.2, 0.25) is 0 Å². The van der Waals surface area contributed by atoms with Gasteiger partial charge in [0, 0.05) is 18.3 Å². The first-order valence-corrected chi connectivity index (χ1v) is 6.08. The van der Waals surface area contributed by atoms with Crippen LogP contribution >= 0.6 is 0 Å². The smallest absolute Gasteiger partial charge is 0.156 e. The van der Waals surface area contributed by atoms with Crippen molar-refractivity contribution in [1.82, 2.24) is 9.55 Å². The minimum Gasteiger partial charge on any atom is -0.497 e. The van der Waals surface area contributed by atoms with Crippen LogP contribution < -0.4 is 10.1 Å². The highest BCUT2D eigenvalue weighted by Crippen LogP contribution is 2.22. The standard InChI is InChI=1S/C14H16N4O/c1-3-18-10-16-9-14(18)13(8-15)17-11-5-4-6-12(7-11)19-2/h4-7,9-10,13,17H,3H2,1-2H3. The van der Waals surface area contributed by atoms with Crippen molar-refractivity contribution in [3.05, 3.63) is 42.5 Å². The molecule has 0 radical (unpaired) electrons. The van der Waals surface area contributed by atoms with Gasteiger partial charge in [-0.2, -0.15) is 5.26 Å². The third-order valence-electron chi connectivity index (χ3n) is 2.89.